The molecule has 0 spiro atoms. The summed E-state index contributed by atoms with van der Waals surface area (Å²) in [7, 11) is -7.02. The van der Waals surface area contributed by atoms with Crippen LogP contribution in [-0.2, 0) is 26.4 Å². The van der Waals surface area contributed by atoms with Crippen LogP contribution < -0.4 is 0 Å². The van der Waals surface area contributed by atoms with Crippen molar-refractivity contribution < 1.29 is 21.2 Å². The van der Waals surface area contributed by atoms with Crippen LogP contribution in [-0.4, -0.2) is 78.7 Å². The van der Waals surface area contributed by atoms with E-state index in [4.69, 9.17) is 0 Å². The fourth-order valence-electron chi connectivity index (χ4n) is 3.64. The molecule has 0 amide bonds. The van der Waals surface area contributed by atoms with Gasteiger partial charge in [-0.3, -0.25) is 4.90 Å². The number of rotatable bonds is 6. The van der Waals surface area contributed by atoms with Crippen molar-refractivity contribution in [3.8, 4) is 5.69 Å². The number of sulfonamides is 1. The average molecular weight is 495 g/mol. The number of hydrogen-bond donors (Lipinski definition) is 0. The molecule has 0 saturated carbocycles. The first-order valence-corrected chi connectivity index (χ1v) is 13.5. The number of benzene rings is 2. The Morgan fingerprint density at radius 2 is 1.55 bits per heavy atom. The van der Waals surface area contributed by atoms with Crippen LogP contribution in [0.5, 0.6) is 0 Å². The highest BCUT2D eigenvalue weighted by Crippen LogP contribution is 2.19. The van der Waals surface area contributed by atoms with Crippen LogP contribution in [0.15, 0.2) is 58.3 Å². The first-order chi connectivity index (χ1) is 15.6. The lowest BCUT2D eigenvalue weighted by Crippen LogP contribution is -2.35. The Morgan fingerprint density at radius 3 is 2.21 bits per heavy atom. The van der Waals surface area contributed by atoms with E-state index < -0.39 is 25.7 Å². The Balaban J connectivity index is 1.46. The van der Waals surface area contributed by atoms with Crippen molar-refractivity contribution in [2.45, 2.75) is 22.8 Å². The van der Waals surface area contributed by atoms with Crippen molar-refractivity contribution in [1.82, 2.24) is 29.4 Å². The number of halogens is 1. The van der Waals surface area contributed by atoms with Crippen LogP contribution in [0.3, 0.4) is 0 Å². The van der Waals surface area contributed by atoms with Gasteiger partial charge in [0.15, 0.2) is 15.7 Å². The predicted octanol–water partition coefficient (Wildman–Crippen LogP) is 1.10. The van der Waals surface area contributed by atoms with E-state index in [0.717, 1.165) is 18.4 Å². The first kappa shape index (κ1) is 23.4. The highest BCUT2D eigenvalue weighted by molar-refractivity contribution is 7.90. The quantitative estimate of drug-likeness (QED) is 0.500. The molecule has 2 aromatic carbocycles. The Bertz CT molecular complexity index is 1330. The Morgan fingerprint density at radius 1 is 0.879 bits per heavy atom. The first-order valence-electron chi connectivity index (χ1n) is 10.2. The molecule has 1 saturated heterocycles. The van der Waals surface area contributed by atoms with Gasteiger partial charge in [-0.1, -0.05) is 0 Å². The summed E-state index contributed by atoms with van der Waals surface area (Å²) in [5, 5.41) is 11.8. The minimum absolute atomic E-state index is 0.0684. The molecule has 33 heavy (non-hydrogen) atoms. The molecule has 0 aliphatic carbocycles. The van der Waals surface area contributed by atoms with E-state index in [1.807, 2.05) is 0 Å². The Kier molecular flexibility index (Phi) is 6.56. The van der Waals surface area contributed by atoms with Gasteiger partial charge in [-0.15, -0.1) is 5.10 Å². The standard InChI is InChI=1S/C20H23FN6O4S2/c1-32(28,29)18-9-5-17(6-10-18)27-20(22-23-24-27)15-25-11-2-12-26(14-13-25)33(30,31)19-7-3-16(21)4-8-19/h3-10H,2,11-15H2,1H3. The SMILES string of the molecule is CS(=O)(=O)c1ccc(-n2nnnc2CN2CCCN(S(=O)(=O)c3ccc(F)cc3)CC2)cc1. The van der Waals surface area contributed by atoms with E-state index in [1.165, 1.54) is 33.3 Å². The van der Waals surface area contributed by atoms with Crippen LogP contribution in [0.4, 0.5) is 4.39 Å². The van der Waals surface area contributed by atoms with Crippen molar-refractivity contribution in [3.05, 3.63) is 60.2 Å². The van der Waals surface area contributed by atoms with Crippen LogP contribution in [0.1, 0.15) is 12.2 Å². The van der Waals surface area contributed by atoms with Gasteiger partial charge in [0.2, 0.25) is 10.0 Å². The van der Waals surface area contributed by atoms with Gasteiger partial charge in [0.05, 0.1) is 22.0 Å². The maximum atomic E-state index is 13.2. The molecule has 0 radical (unpaired) electrons. The zero-order valence-corrected chi connectivity index (χ0v) is 19.5. The van der Waals surface area contributed by atoms with Crippen molar-refractivity contribution in [3.63, 3.8) is 0 Å². The van der Waals surface area contributed by atoms with Crippen LogP contribution in [0.2, 0.25) is 0 Å². The maximum Gasteiger partial charge on any atom is 0.243 e. The maximum absolute atomic E-state index is 13.2. The Hall–Kier alpha value is -2.74. The largest absolute Gasteiger partial charge is 0.295 e. The second-order valence-corrected chi connectivity index (χ2v) is 11.7. The van der Waals surface area contributed by atoms with Gasteiger partial charge in [0, 0.05) is 25.9 Å². The van der Waals surface area contributed by atoms with Gasteiger partial charge >= 0.3 is 0 Å². The molecule has 0 unspecified atom stereocenters. The van der Waals surface area contributed by atoms with Gasteiger partial charge in [-0.25, -0.2) is 21.2 Å². The lowest BCUT2D eigenvalue weighted by molar-refractivity contribution is 0.269. The topological polar surface area (TPSA) is 118 Å². The number of hydrogen-bond acceptors (Lipinski definition) is 8. The molecule has 3 aromatic rings. The summed E-state index contributed by atoms with van der Waals surface area (Å²) in [6.07, 6.45) is 1.76. The van der Waals surface area contributed by atoms with Gasteiger partial charge in [-0.2, -0.15) is 8.99 Å². The van der Waals surface area contributed by atoms with Gasteiger partial charge in [-0.05, 0) is 71.9 Å². The predicted molar refractivity (Wildman–Crippen MR) is 117 cm³/mol. The third kappa shape index (κ3) is 5.27. The molecule has 10 nitrogen and oxygen atoms in total. The fourth-order valence-corrected chi connectivity index (χ4v) is 5.74. The molecular formula is C20H23FN6O4S2. The normalized spacial score (nSPS) is 16.5. The highest BCUT2D eigenvalue weighted by Gasteiger charge is 2.27. The Labute approximate surface area is 191 Å². The summed E-state index contributed by atoms with van der Waals surface area (Å²) < 4.78 is 65.3. The lowest BCUT2D eigenvalue weighted by atomic mass is 10.3. The van der Waals surface area contributed by atoms with Crippen LogP contribution in [0.25, 0.3) is 5.69 Å². The average Bonchev–Trinajstić information content (AvgIpc) is 3.09. The number of tetrazole rings is 1. The molecule has 0 atom stereocenters. The summed E-state index contributed by atoms with van der Waals surface area (Å²) in [4.78, 5) is 2.34. The number of aromatic nitrogens is 4. The molecule has 1 aliphatic heterocycles. The molecule has 176 valence electrons. The van der Waals surface area contributed by atoms with Crippen LogP contribution in [0, 0.1) is 5.82 Å². The molecule has 13 heteroatoms. The molecule has 0 bridgehead atoms. The summed E-state index contributed by atoms with van der Waals surface area (Å²) in [6.45, 7) is 2.15. The van der Waals surface area contributed by atoms with Crippen molar-refractivity contribution in [2.75, 3.05) is 32.4 Å². The summed E-state index contributed by atoms with van der Waals surface area (Å²) >= 11 is 0. The van der Waals surface area contributed by atoms with Crippen molar-refractivity contribution >= 4 is 19.9 Å². The fraction of sp³-hybridized carbons (Fsp3) is 0.350. The molecule has 4 rings (SSSR count). The van der Waals surface area contributed by atoms with Crippen LogP contribution >= 0.6 is 0 Å². The minimum atomic E-state index is -3.71. The lowest BCUT2D eigenvalue weighted by Gasteiger charge is -2.21. The van der Waals surface area contributed by atoms with E-state index in [1.54, 1.807) is 12.1 Å². The molecule has 1 fully saturated rings. The smallest absolute Gasteiger partial charge is 0.243 e. The number of sulfone groups is 1. The number of nitrogens with zero attached hydrogens (tertiary/aromatic N) is 6. The third-order valence-corrected chi connectivity index (χ3v) is 8.45. The van der Waals surface area contributed by atoms with E-state index in [-0.39, 0.29) is 16.3 Å². The molecule has 0 N–H and O–H groups in total. The van der Waals surface area contributed by atoms with Crippen molar-refractivity contribution in [1.29, 1.82) is 0 Å². The molecule has 1 aromatic heterocycles. The van der Waals surface area contributed by atoms with E-state index in [9.17, 15) is 21.2 Å². The zero-order valence-electron chi connectivity index (χ0n) is 17.9. The summed E-state index contributed by atoms with van der Waals surface area (Å²) in [6, 6.07) is 11.1. The highest BCUT2D eigenvalue weighted by atomic mass is 32.2. The minimum Gasteiger partial charge on any atom is -0.295 e. The second kappa shape index (κ2) is 9.25. The van der Waals surface area contributed by atoms with E-state index >= 15 is 0 Å². The van der Waals surface area contributed by atoms with Gasteiger partial charge in [0.1, 0.15) is 5.82 Å². The van der Waals surface area contributed by atoms with E-state index in [0.29, 0.717) is 44.1 Å². The molecule has 1 aliphatic rings. The van der Waals surface area contributed by atoms with E-state index in [2.05, 4.69) is 20.4 Å². The summed E-state index contributed by atoms with van der Waals surface area (Å²) in [5.74, 6) is 0.0663. The van der Waals surface area contributed by atoms with Gasteiger partial charge in [0.25, 0.3) is 0 Å². The second-order valence-electron chi connectivity index (χ2n) is 7.76. The molecule has 2 heterocycles. The monoisotopic (exact) mass is 494 g/mol. The van der Waals surface area contributed by atoms with Gasteiger partial charge < -0.3 is 0 Å². The third-order valence-electron chi connectivity index (χ3n) is 5.41. The zero-order chi connectivity index (χ0) is 23.6. The van der Waals surface area contributed by atoms with Crippen molar-refractivity contribution in [2.24, 2.45) is 0 Å². The molecular weight excluding hydrogens is 471 g/mol. The summed E-state index contributed by atoms with van der Waals surface area (Å²) in [5.41, 5.74) is 0.623.